The maximum atomic E-state index is 11.7. The summed E-state index contributed by atoms with van der Waals surface area (Å²) in [7, 11) is 1.31. The van der Waals surface area contributed by atoms with E-state index in [-0.39, 0.29) is 5.91 Å². The number of ether oxygens (including phenoxy) is 1. The molecule has 1 aromatic heterocycles. The Hall–Kier alpha value is -1.85. The highest BCUT2D eigenvalue weighted by atomic mass is 16.5. The van der Waals surface area contributed by atoms with E-state index in [1.54, 1.807) is 6.20 Å². The fourth-order valence-electron chi connectivity index (χ4n) is 1.79. The fraction of sp³-hybridized carbons (Fsp3) is 0.583. The molecule has 1 saturated carbocycles. The third-order valence-corrected chi connectivity index (χ3v) is 2.97. The van der Waals surface area contributed by atoms with Crippen LogP contribution >= 0.6 is 0 Å². The van der Waals surface area contributed by atoms with Crippen LogP contribution in [0.4, 0.5) is 0 Å². The molecule has 1 aliphatic carbocycles. The first-order chi connectivity index (χ1) is 8.69. The van der Waals surface area contributed by atoms with Crippen molar-refractivity contribution in [1.82, 2.24) is 15.3 Å². The van der Waals surface area contributed by atoms with Crippen molar-refractivity contribution < 1.29 is 14.3 Å². The van der Waals surface area contributed by atoms with E-state index in [2.05, 4.69) is 15.3 Å². The summed E-state index contributed by atoms with van der Waals surface area (Å²) < 4.78 is 4.69. The molecular formula is C12H17N3O3. The van der Waals surface area contributed by atoms with Crippen LogP contribution in [0.15, 0.2) is 12.5 Å². The minimum Gasteiger partial charge on any atom is -0.467 e. The van der Waals surface area contributed by atoms with E-state index in [0.717, 1.165) is 18.5 Å². The molecule has 6 heteroatoms. The van der Waals surface area contributed by atoms with Crippen molar-refractivity contribution in [2.75, 3.05) is 7.11 Å². The van der Waals surface area contributed by atoms with Crippen LogP contribution in [0.3, 0.4) is 0 Å². The van der Waals surface area contributed by atoms with Crippen molar-refractivity contribution in [2.24, 2.45) is 5.92 Å². The van der Waals surface area contributed by atoms with Crippen LogP contribution in [-0.2, 0) is 20.7 Å². The SMILES string of the molecule is COC(=O)[C@H](Cc1cnc[nH]1)NC(=O)CC1CC1. The number of H-pyrrole nitrogens is 1. The van der Waals surface area contributed by atoms with E-state index in [1.165, 1.54) is 13.4 Å². The summed E-state index contributed by atoms with van der Waals surface area (Å²) in [6.07, 6.45) is 6.24. The number of methoxy groups -OCH3 is 1. The van der Waals surface area contributed by atoms with Crippen LogP contribution in [0.25, 0.3) is 0 Å². The number of carbonyl (C=O) groups excluding carboxylic acids is 2. The van der Waals surface area contributed by atoms with Gasteiger partial charge in [-0.05, 0) is 18.8 Å². The van der Waals surface area contributed by atoms with Gasteiger partial charge in [0, 0.05) is 24.7 Å². The number of aromatic amines is 1. The fourth-order valence-corrected chi connectivity index (χ4v) is 1.79. The molecule has 1 aliphatic rings. The van der Waals surface area contributed by atoms with Gasteiger partial charge in [-0.15, -0.1) is 0 Å². The van der Waals surface area contributed by atoms with Gasteiger partial charge in [-0.1, -0.05) is 0 Å². The molecule has 0 unspecified atom stereocenters. The van der Waals surface area contributed by atoms with Gasteiger partial charge in [0.15, 0.2) is 0 Å². The van der Waals surface area contributed by atoms with E-state index in [9.17, 15) is 9.59 Å². The van der Waals surface area contributed by atoms with E-state index < -0.39 is 12.0 Å². The predicted molar refractivity (Wildman–Crippen MR) is 63.6 cm³/mol. The lowest BCUT2D eigenvalue weighted by molar-refractivity contribution is -0.145. The molecule has 2 rings (SSSR count). The summed E-state index contributed by atoms with van der Waals surface area (Å²) in [5.74, 6) is -0.0309. The van der Waals surface area contributed by atoms with Gasteiger partial charge in [0.2, 0.25) is 5.91 Å². The molecule has 1 atom stereocenters. The Morgan fingerprint density at radius 1 is 1.61 bits per heavy atom. The van der Waals surface area contributed by atoms with Crippen molar-refractivity contribution >= 4 is 11.9 Å². The first-order valence-corrected chi connectivity index (χ1v) is 6.03. The molecule has 0 spiro atoms. The molecule has 1 amide bonds. The zero-order valence-electron chi connectivity index (χ0n) is 10.3. The second-order valence-corrected chi connectivity index (χ2v) is 4.57. The minimum absolute atomic E-state index is 0.0904. The normalized spacial score (nSPS) is 16.1. The van der Waals surface area contributed by atoms with Gasteiger partial charge in [-0.3, -0.25) is 4.79 Å². The summed E-state index contributed by atoms with van der Waals surface area (Å²) in [6.45, 7) is 0. The van der Waals surface area contributed by atoms with Crippen molar-refractivity contribution in [1.29, 1.82) is 0 Å². The van der Waals surface area contributed by atoms with Gasteiger partial charge in [-0.25, -0.2) is 9.78 Å². The number of esters is 1. The quantitative estimate of drug-likeness (QED) is 0.717. The first-order valence-electron chi connectivity index (χ1n) is 6.03. The largest absolute Gasteiger partial charge is 0.467 e. The van der Waals surface area contributed by atoms with E-state index in [0.29, 0.717) is 18.8 Å². The van der Waals surface area contributed by atoms with Crippen LogP contribution in [0, 0.1) is 5.92 Å². The summed E-state index contributed by atoms with van der Waals surface area (Å²) in [5.41, 5.74) is 0.789. The van der Waals surface area contributed by atoms with Crippen LogP contribution in [0.5, 0.6) is 0 Å². The number of aromatic nitrogens is 2. The highest BCUT2D eigenvalue weighted by Gasteiger charge is 2.27. The number of nitrogens with one attached hydrogen (secondary N) is 2. The molecule has 1 aromatic rings. The monoisotopic (exact) mass is 251 g/mol. The highest BCUT2D eigenvalue weighted by molar-refractivity contribution is 5.84. The van der Waals surface area contributed by atoms with Crippen molar-refractivity contribution in [3.8, 4) is 0 Å². The number of hydrogen-bond donors (Lipinski definition) is 2. The second kappa shape index (κ2) is 5.66. The van der Waals surface area contributed by atoms with Crippen LogP contribution in [0.2, 0.25) is 0 Å². The summed E-state index contributed by atoms with van der Waals surface area (Å²) >= 11 is 0. The van der Waals surface area contributed by atoms with Crippen molar-refractivity contribution in [2.45, 2.75) is 31.7 Å². The van der Waals surface area contributed by atoms with E-state index in [4.69, 9.17) is 4.74 Å². The summed E-state index contributed by atoms with van der Waals surface area (Å²) in [4.78, 5) is 30.1. The number of carbonyl (C=O) groups is 2. The Morgan fingerprint density at radius 2 is 2.39 bits per heavy atom. The number of imidazole rings is 1. The Morgan fingerprint density at radius 3 is 2.94 bits per heavy atom. The lowest BCUT2D eigenvalue weighted by Gasteiger charge is -2.15. The van der Waals surface area contributed by atoms with Gasteiger partial charge in [-0.2, -0.15) is 0 Å². The topological polar surface area (TPSA) is 84.1 Å². The lowest BCUT2D eigenvalue weighted by Crippen LogP contribution is -2.43. The first kappa shape index (κ1) is 12.6. The third kappa shape index (κ3) is 3.58. The van der Waals surface area contributed by atoms with E-state index >= 15 is 0 Å². The highest BCUT2D eigenvalue weighted by Crippen LogP contribution is 2.32. The Labute approximate surface area is 105 Å². The molecule has 1 fully saturated rings. The van der Waals surface area contributed by atoms with Gasteiger partial charge < -0.3 is 15.0 Å². The lowest BCUT2D eigenvalue weighted by atomic mass is 10.1. The molecule has 0 radical (unpaired) electrons. The zero-order chi connectivity index (χ0) is 13.0. The minimum atomic E-state index is -0.651. The van der Waals surface area contributed by atoms with Gasteiger partial charge in [0.1, 0.15) is 6.04 Å². The number of hydrogen-bond acceptors (Lipinski definition) is 4. The predicted octanol–water partition coefficient (Wildman–Crippen LogP) is 0.410. The molecule has 2 N–H and O–H groups in total. The van der Waals surface area contributed by atoms with Gasteiger partial charge in [0.05, 0.1) is 13.4 Å². The van der Waals surface area contributed by atoms with Crippen molar-refractivity contribution in [3.05, 3.63) is 18.2 Å². The molecule has 0 aliphatic heterocycles. The second-order valence-electron chi connectivity index (χ2n) is 4.57. The summed E-state index contributed by atoms with van der Waals surface area (Å²) in [5, 5.41) is 2.72. The molecule has 0 saturated heterocycles. The molecule has 18 heavy (non-hydrogen) atoms. The standard InChI is InChI=1S/C12H17N3O3/c1-18-12(17)10(5-9-6-13-7-14-9)15-11(16)4-8-2-3-8/h6-8,10H,2-5H2,1H3,(H,13,14)(H,15,16)/t10-/m0/s1. The smallest absolute Gasteiger partial charge is 0.328 e. The maximum Gasteiger partial charge on any atom is 0.328 e. The molecule has 98 valence electrons. The molecule has 0 aromatic carbocycles. The molecule has 0 bridgehead atoms. The Balaban J connectivity index is 1.91. The molecule has 1 heterocycles. The number of rotatable bonds is 6. The van der Waals surface area contributed by atoms with Gasteiger partial charge in [0.25, 0.3) is 0 Å². The number of amides is 1. The number of nitrogens with zero attached hydrogens (tertiary/aromatic N) is 1. The van der Waals surface area contributed by atoms with E-state index in [1.807, 2.05) is 0 Å². The molecule has 6 nitrogen and oxygen atoms in total. The summed E-state index contributed by atoms with van der Waals surface area (Å²) in [6, 6.07) is -0.651. The Bertz CT molecular complexity index is 412. The average molecular weight is 251 g/mol. The van der Waals surface area contributed by atoms with Crippen LogP contribution < -0.4 is 5.32 Å². The Kier molecular flexibility index (Phi) is 3.96. The maximum absolute atomic E-state index is 11.7. The average Bonchev–Trinajstić information content (AvgIpc) is 3.01. The van der Waals surface area contributed by atoms with Crippen LogP contribution in [-0.4, -0.2) is 35.0 Å². The zero-order valence-corrected chi connectivity index (χ0v) is 10.3. The molecular weight excluding hydrogens is 234 g/mol. The van der Waals surface area contributed by atoms with Gasteiger partial charge >= 0.3 is 5.97 Å². The van der Waals surface area contributed by atoms with Crippen molar-refractivity contribution in [3.63, 3.8) is 0 Å². The third-order valence-electron chi connectivity index (χ3n) is 2.97. The van der Waals surface area contributed by atoms with Crippen LogP contribution in [0.1, 0.15) is 25.0 Å².